The van der Waals surface area contributed by atoms with E-state index in [0.29, 0.717) is 22.7 Å². The molecule has 0 aliphatic rings. The van der Waals surface area contributed by atoms with Crippen molar-refractivity contribution in [2.75, 3.05) is 30.8 Å². The largest absolute Gasteiger partial charge is 0.492 e. The van der Waals surface area contributed by atoms with Crippen LogP contribution in [-0.4, -0.2) is 26.0 Å². The lowest BCUT2D eigenvalue weighted by Crippen LogP contribution is -2.22. The number of hydrogen-bond donors (Lipinski definition) is 1. The van der Waals surface area contributed by atoms with E-state index < -0.39 is 0 Å². The SMILES string of the molecule is CCCN(CC)c1sc(C(=O)CC)c(N)c1OC. The summed E-state index contributed by atoms with van der Waals surface area (Å²) in [5, 5.41) is 0.969. The Morgan fingerprint density at radius 2 is 2.06 bits per heavy atom. The third-order valence-corrected chi connectivity index (χ3v) is 4.11. The summed E-state index contributed by atoms with van der Waals surface area (Å²) >= 11 is 1.44. The van der Waals surface area contributed by atoms with E-state index in [9.17, 15) is 4.79 Å². The highest BCUT2D eigenvalue weighted by Crippen LogP contribution is 2.45. The first-order chi connectivity index (χ1) is 8.60. The van der Waals surface area contributed by atoms with E-state index in [1.54, 1.807) is 7.11 Å². The third kappa shape index (κ3) is 2.77. The van der Waals surface area contributed by atoms with Gasteiger partial charge in [-0.05, 0) is 13.3 Å². The van der Waals surface area contributed by atoms with E-state index in [-0.39, 0.29) is 5.78 Å². The van der Waals surface area contributed by atoms with Crippen molar-refractivity contribution in [2.45, 2.75) is 33.6 Å². The number of Topliss-reactive ketones (excluding diaryl/α,β-unsaturated/α-hetero) is 1. The van der Waals surface area contributed by atoms with E-state index >= 15 is 0 Å². The van der Waals surface area contributed by atoms with Gasteiger partial charge in [0.2, 0.25) is 0 Å². The number of methoxy groups -OCH3 is 1. The van der Waals surface area contributed by atoms with Crippen molar-refractivity contribution < 1.29 is 9.53 Å². The van der Waals surface area contributed by atoms with Crippen LogP contribution in [0.1, 0.15) is 43.3 Å². The summed E-state index contributed by atoms with van der Waals surface area (Å²) < 4.78 is 5.37. The summed E-state index contributed by atoms with van der Waals surface area (Å²) in [5.41, 5.74) is 6.50. The molecule has 5 heteroatoms. The minimum atomic E-state index is 0.0783. The van der Waals surface area contributed by atoms with Gasteiger partial charge in [0.1, 0.15) is 5.00 Å². The number of ketones is 1. The molecule has 0 bridgehead atoms. The molecule has 0 atom stereocenters. The van der Waals surface area contributed by atoms with Gasteiger partial charge in [0, 0.05) is 19.5 Å². The number of nitrogens with two attached hydrogens (primary N) is 1. The standard InChI is InChI=1S/C13H22N2O2S/c1-5-8-15(7-3)13-11(17-4)10(14)12(18-13)9(16)6-2/h5-8,14H2,1-4H3. The van der Waals surface area contributed by atoms with Crippen LogP contribution in [0.25, 0.3) is 0 Å². The van der Waals surface area contributed by atoms with E-state index in [2.05, 4.69) is 18.7 Å². The van der Waals surface area contributed by atoms with Gasteiger partial charge in [-0.3, -0.25) is 4.79 Å². The average molecular weight is 270 g/mol. The maximum Gasteiger partial charge on any atom is 0.177 e. The van der Waals surface area contributed by atoms with E-state index in [4.69, 9.17) is 10.5 Å². The molecule has 0 unspecified atom stereocenters. The average Bonchev–Trinajstić information content (AvgIpc) is 2.71. The molecule has 1 rings (SSSR count). The monoisotopic (exact) mass is 270 g/mol. The molecule has 0 saturated heterocycles. The van der Waals surface area contributed by atoms with Crippen molar-refractivity contribution >= 4 is 27.8 Å². The Bertz CT molecular complexity index is 415. The Hall–Kier alpha value is -1.23. The fourth-order valence-corrected chi connectivity index (χ4v) is 3.15. The second kappa shape index (κ2) is 6.64. The zero-order valence-electron chi connectivity index (χ0n) is 11.6. The van der Waals surface area contributed by atoms with Gasteiger partial charge in [-0.25, -0.2) is 0 Å². The number of anilines is 2. The smallest absolute Gasteiger partial charge is 0.177 e. The molecule has 4 nitrogen and oxygen atoms in total. The summed E-state index contributed by atoms with van der Waals surface area (Å²) in [6, 6.07) is 0. The summed E-state index contributed by atoms with van der Waals surface area (Å²) in [7, 11) is 1.60. The van der Waals surface area contributed by atoms with Crippen LogP contribution in [0.2, 0.25) is 0 Å². The molecule has 0 radical (unpaired) electrons. The molecule has 18 heavy (non-hydrogen) atoms. The highest BCUT2D eigenvalue weighted by Gasteiger charge is 2.23. The minimum Gasteiger partial charge on any atom is -0.492 e. The van der Waals surface area contributed by atoms with E-state index in [0.717, 1.165) is 24.5 Å². The van der Waals surface area contributed by atoms with Gasteiger partial charge in [-0.15, -0.1) is 11.3 Å². The molecular formula is C13H22N2O2S. The van der Waals surface area contributed by atoms with Gasteiger partial charge in [-0.1, -0.05) is 13.8 Å². The lowest BCUT2D eigenvalue weighted by molar-refractivity contribution is 0.0992. The molecule has 1 aromatic rings. The summed E-state index contributed by atoms with van der Waals surface area (Å²) in [4.78, 5) is 14.7. The van der Waals surface area contributed by atoms with Crippen molar-refractivity contribution in [3.05, 3.63) is 4.88 Å². The molecule has 0 spiro atoms. The predicted molar refractivity (Wildman–Crippen MR) is 78.1 cm³/mol. The lowest BCUT2D eigenvalue weighted by Gasteiger charge is -2.21. The number of carbonyl (C=O) groups excluding carboxylic acids is 1. The van der Waals surface area contributed by atoms with Crippen LogP contribution < -0.4 is 15.4 Å². The number of rotatable bonds is 7. The summed E-state index contributed by atoms with van der Waals surface area (Å²) in [6.45, 7) is 7.88. The molecule has 0 amide bonds. The van der Waals surface area contributed by atoms with Crippen LogP contribution in [0.5, 0.6) is 5.75 Å². The normalized spacial score (nSPS) is 10.4. The fraction of sp³-hybridized carbons (Fsp3) is 0.615. The van der Waals surface area contributed by atoms with Gasteiger partial charge in [0.05, 0.1) is 17.7 Å². The molecule has 0 saturated carbocycles. The highest BCUT2D eigenvalue weighted by atomic mass is 32.1. The third-order valence-electron chi connectivity index (χ3n) is 2.82. The quantitative estimate of drug-likeness (QED) is 0.773. The van der Waals surface area contributed by atoms with Crippen LogP contribution in [-0.2, 0) is 0 Å². The highest BCUT2D eigenvalue weighted by molar-refractivity contribution is 7.19. The molecule has 0 aliphatic heterocycles. The Kier molecular flexibility index (Phi) is 5.47. The number of nitrogens with zero attached hydrogens (tertiary/aromatic N) is 1. The zero-order chi connectivity index (χ0) is 13.7. The Labute approximate surface area is 113 Å². The molecular weight excluding hydrogens is 248 g/mol. The fourth-order valence-electron chi connectivity index (χ4n) is 1.86. The molecule has 0 aliphatic carbocycles. The van der Waals surface area contributed by atoms with Crippen LogP contribution in [0.4, 0.5) is 10.7 Å². The van der Waals surface area contributed by atoms with Crippen LogP contribution in [0, 0.1) is 0 Å². The van der Waals surface area contributed by atoms with Gasteiger partial charge < -0.3 is 15.4 Å². The predicted octanol–water partition coefficient (Wildman–Crippen LogP) is 3.17. The van der Waals surface area contributed by atoms with Crippen LogP contribution >= 0.6 is 11.3 Å². The molecule has 1 heterocycles. The number of hydrogen-bond acceptors (Lipinski definition) is 5. The summed E-state index contributed by atoms with van der Waals surface area (Å²) in [6.07, 6.45) is 1.51. The number of ether oxygens (including phenoxy) is 1. The molecule has 0 aromatic carbocycles. The van der Waals surface area contributed by atoms with Gasteiger partial charge >= 0.3 is 0 Å². The Morgan fingerprint density at radius 1 is 1.39 bits per heavy atom. The van der Waals surface area contributed by atoms with Crippen LogP contribution in [0.15, 0.2) is 0 Å². The maximum atomic E-state index is 11.8. The van der Waals surface area contributed by atoms with Gasteiger partial charge in [-0.2, -0.15) is 0 Å². The van der Waals surface area contributed by atoms with E-state index in [1.165, 1.54) is 11.3 Å². The van der Waals surface area contributed by atoms with E-state index in [1.807, 2.05) is 6.92 Å². The first-order valence-corrected chi connectivity index (χ1v) is 7.16. The first kappa shape index (κ1) is 14.8. The topological polar surface area (TPSA) is 55.6 Å². The Morgan fingerprint density at radius 3 is 2.50 bits per heavy atom. The van der Waals surface area contributed by atoms with Crippen molar-refractivity contribution in [1.29, 1.82) is 0 Å². The number of carbonyl (C=O) groups is 1. The lowest BCUT2D eigenvalue weighted by atomic mass is 10.2. The maximum absolute atomic E-state index is 11.8. The first-order valence-electron chi connectivity index (χ1n) is 6.34. The molecule has 1 aromatic heterocycles. The van der Waals surface area contributed by atoms with Gasteiger partial charge in [0.25, 0.3) is 0 Å². The Balaban J connectivity index is 3.22. The zero-order valence-corrected chi connectivity index (χ0v) is 12.4. The van der Waals surface area contributed by atoms with Gasteiger partial charge in [0.15, 0.2) is 11.5 Å². The second-order valence-corrected chi connectivity index (χ2v) is 5.04. The minimum absolute atomic E-state index is 0.0783. The second-order valence-electron chi connectivity index (χ2n) is 4.04. The summed E-state index contributed by atoms with van der Waals surface area (Å²) in [5.74, 6) is 0.724. The van der Waals surface area contributed by atoms with Crippen molar-refractivity contribution in [3.8, 4) is 5.75 Å². The van der Waals surface area contributed by atoms with Crippen molar-refractivity contribution in [3.63, 3.8) is 0 Å². The van der Waals surface area contributed by atoms with Crippen molar-refractivity contribution in [2.24, 2.45) is 0 Å². The molecule has 0 fully saturated rings. The van der Waals surface area contributed by atoms with Crippen molar-refractivity contribution in [1.82, 2.24) is 0 Å². The molecule has 2 N–H and O–H groups in total. The number of thiophene rings is 1. The van der Waals surface area contributed by atoms with Crippen LogP contribution in [0.3, 0.4) is 0 Å². The number of nitrogen functional groups attached to an aromatic ring is 1. The molecule has 102 valence electrons.